The van der Waals surface area contributed by atoms with E-state index in [0.29, 0.717) is 12.4 Å². The number of amides is 1. The Balaban J connectivity index is 2.48. The molecule has 0 atom stereocenters. The van der Waals surface area contributed by atoms with Crippen molar-refractivity contribution in [2.75, 3.05) is 26.8 Å². The summed E-state index contributed by atoms with van der Waals surface area (Å²) in [6.45, 7) is 5.79. The van der Waals surface area contributed by atoms with Gasteiger partial charge in [0.1, 0.15) is 12.3 Å². The summed E-state index contributed by atoms with van der Waals surface area (Å²) < 4.78 is 10.3. The minimum absolute atomic E-state index is 0.0666. The van der Waals surface area contributed by atoms with Crippen LogP contribution in [0.15, 0.2) is 18.2 Å². The van der Waals surface area contributed by atoms with Gasteiger partial charge in [-0.3, -0.25) is 9.59 Å². The monoisotopic (exact) mass is 279 g/mol. The van der Waals surface area contributed by atoms with Crippen molar-refractivity contribution in [3.8, 4) is 5.75 Å². The van der Waals surface area contributed by atoms with Gasteiger partial charge in [0.15, 0.2) is 6.61 Å². The maximum atomic E-state index is 11.8. The van der Waals surface area contributed by atoms with E-state index < -0.39 is 5.97 Å². The number of hydrogen-bond acceptors (Lipinski definition) is 4. The minimum Gasteiger partial charge on any atom is -0.484 e. The molecule has 1 rings (SSSR count). The van der Waals surface area contributed by atoms with Crippen molar-refractivity contribution in [2.45, 2.75) is 20.8 Å². The van der Waals surface area contributed by atoms with Gasteiger partial charge in [0.2, 0.25) is 0 Å². The average Bonchev–Trinajstić information content (AvgIpc) is 2.37. The van der Waals surface area contributed by atoms with Crippen molar-refractivity contribution < 1.29 is 19.1 Å². The highest BCUT2D eigenvalue weighted by molar-refractivity contribution is 5.82. The maximum absolute atomic E-state index is 11.8. The highest BCUT2D eigenvalue weighted by Crippen LogP contribution is 2.18. The summed E-state index contributed by atoms with van der Waals surface area (Å²) in [5.41, 5.74) is 2.12. The summed E-state index contributed by atoms with van der Waals surface area (Å²) in [4.78, 5) is 24.4. The zero-order chi connectivity index (χ0) is 15.1. The largest absolute Gasteiger partial charge is 0.484 e. The van der Waals surface area contributed by atoms with Gasteiger partial charge in [-0.05, 0) is 32.4 Å². The van der Waals surface area contributed by atoms with Crippen LogP contribution in [-0.2, 0) is 14.3 Å². The number of esters is 1. The lowest BCUT2D eigenvalue weighted by Gasteiger charge is -2.17. The van der Waals surface area contributed by atoms with E-state index in [1.807, 2.05) is 32.0 Å². The molecule has 0 aromatic heterocycles. The second-order valence-electron chi connectivity index (χ2n) is 4.61. The first-order chi connectivity index (χ1) is 9.43. The zero-order valence-corrected chi connectivity index (χ0v) is 12.4. The van der Waals surface area contributed by atoms with Crippen LogP contribution in [0.25, 0.3) is 0 Å². The standard InChI is InChI=1S/C15H21NO4/c1-5-19-15(18)9-16(4)14(17)10-20-13-7-6-11(2)8-12(13)3/h6-8H,5,9-10H2,1-4H3. The van der Waals surface area contributed by atoms with Gasteiger partial charge in [0, 0.05) is 7.05 Å². The van der Waals surface area contributed by atoms with Gasteiger partial charge in [-0.25, -0.2) is 0 Å². The molecule has 0 spiro atoms. The summed E-state index contributed by atoms with van der Waals surface area (Å²) in [6.07, 6.45) is 0. The number of likely N-dealkylation sites (N-methyl/N-ethyl adjacent to an activating group) is 1. The normalized spacial score (nSPS) is 10.0. The fraction of sp³-hybridized carbons (Fsp3) is 0.467. The zero-order valence-electron chi connectivity index (χ0n) is 12.4. The van der Waals surface area contributed by atoms with E-state index in [9.17, 15) is 9.59 Å². The van der Waals surface area contributed by atoms with Crippen LogP contribution in [0.1, 0.15) is 18.1 Å². The van der Waals surface area contributed by atoms with Gasteiger partial charge in [-0.1, -0.05) is 17.7 Å². The lowest BCUT2D eigenvalue weighted by Crippen LogP contribution is -2.36. The Morgan fingerprint density at radius 2 is 1.95 bits per heavy atom. The molecule has 5 nitrogen and oxygen atoms in total. The predicted octanol–water partition coefficient (Wildman–Crippen LogP) is 1.70. The molecular formula is C15H21NO4. The number of nitrogens with zero attached hydrogens (tertiary/aromatic N) is 1. The molecule has 0 aliphatic carbocycles. The fourth-order valence-electron chi connectivity index (χ4n) is 1.70. The summed E-state index contributed by atoms with van der Waals surface area (Å²) in [6, 6.07) is 5.75. The second-order valence-corrected chi connectivity index (χ2v) is 4.61. The Hall–Kier alpha value is -2.04. The summed E-state index contributed by atoms with van der Waals surface area (Å²) >= 11 is 0. The molecule has 0 bridgehead atoms. The molecule has 0 heterocycles. The molecule has 1 aromatic carbocycles. The number of ether oxygens (including phenoxy) is 2. The van der Waals surface area contributed by atoms with Gasteiger partial charge >= 0.3 is 5.97 Å². The SMILES string of the molecule is CCOC(=O)CN(C)C(=O)COc1ccc(C)cc1C. The molecule has 0 unspecified atom stereocenters. The molecule has 0 aliphatic heterocycles. The number of carbonyl (C=O) groups is 2. The molecule has 0 radical (unpaired) electrons. The van der Waals surface area contributed by atoms with Gasteiger partial charge < -0.3 is 14.4 Å². The molecule has 20 heavy (non-hydrogen) atoms. The summed E-state index contributed by atoms with van der Waals surface area (Å²) in [5.74, 6) is -0.0126. The van der Waals surface area contributed by atoms with Gasteiger partial charge in [-0.15, -0.1) is 0 Å². The lowest BCUT2D eigenvalue weighted by molar-refractivity contribution is -0.148. The van der Waals surface area contributed by atoms with Crippen LogP contribution in [0, 0.1) is 13.8 Å². The molecule has 1 aromatic rings. The average molecular weight is 279 g/mol. The third-order valence-corrected chi connectivity index (χ3v) is 2.78. The van der Waals surface area contributed by atoms with E-state index >= 15 is 0 Å². The van der Waals surface area contributed by atoms with E-state index in [2.05, 4.69) is 0 Å². The van der Waals surface area contributed by atoms with Gasteiger partial charge in [0.25, 0.3) is 5.91 Å². The lowest BCUT2D eigenvalue weighted by atomic mass is 10.1. The maximum Gasteiger partial charge on any atom is 0.325 e. The Kier molecular flexibility index (Phi) is 6.03. The van der Waals surface area contributed by atoms with Crippen LogP contribution < -0.4 is 4.74 Å². The third kappa shape index (κ3) is 4.91. The minimum atomic E-state index is -0.421. The Labute approximate surface area is 119 Å². The molecule has 5 heteroatoms. The Bertz CT molecular complexity index is 485. The van der Waals surface area contributed by atoms with Crippen LogP contribution in [0.5, 0.6) is 5.75 Å². The van der Waals surface area contributed by atoms with Crippen molar-refractivity contribution in [3.63, 3.8) is 0 Å². The Morgan fingerprint density at radius 1 is 1.25 bits per heavy atom. The number of aryl methyl sites for hydroxylation is 2. The topological polar surface area (TPSA) is 55.8 Å². The van der Waals surface area contributed by atoms with Crippen LogP contribution >= 0.6 is 0 Å². The van der Waals surface area contributed by atoms with Crippen molar-refractivity contribution >= 4 is 11.9 Å². The molecule has 0 saturated heterocycles. The van der Waals surface area contributed by atoms with Crippen molar-refractivity contribution in [2.24, 2.45) is 0 Å². The third-order valence-electron chi connectivity index (χ3n) is 2.78. The van der Waals surface area contributed by atoms with Crippen molar-refractivity contribution in [1.82, 2.24) is 4.90 Å². The molecule has 0 saturated carbocycles. The number of benzene rings is 1. The van der Waals surface area contributed by atoms with Crippen molar-refractivity contribution in [3.05, 3.63) is 29.3 Å². The van der Waals surface area contributed by atoms with Crippen molar-refractivity contribution in [1.29, 1.82) is 0 Å². The predicted molar refractivity (Wildman–Crippen MR) is 75.7 cm³/mol. The van der Waals surface area contributed by atoms with E-state index in [1.165, 1.54) is 4.90 Å². The fourth-order valence-corrected chi connectivity index (χ4v) is 1.70. The van der Waals surface area contributed by atoms with E-state index in [0.717, 1.165) is 11.1 Å². The molecule has 0 N–H and O–H groups in total. The van der Waals surface area contributed by atoms with Gasteiger partial charge in [0.05, 0.1) is 6.61 Å². The summed E-state index contributed by atoms with van der Waals surface area (Å²) in [5, 5.41) is 0. The smallest absolute Gasteiger partial charge is 0.325 e. The summed E-state index contributed by atoms with van der Waals surface area (Å²) in [7, 11) is 1.55. The highest BCUT2D eigenvalue weighted by atomic mass is 16.5. The molecule has 1 amide bonds. The quantitative estimate of drug-likeness (QED) is 0.744. The van der Waals surface area contributed by atoms with Crippen LogP contribution in [0.3, 0.4) is 0 Å². The van der Waals surface area contributed by atoms with Gasteiger partial charge in [-0.2, -0.15) is 0 Å². The number of hydrogen-bond donors (Lipinski definition) is 0. The van der Waals surface area contributed by atoms with E-state index in [1.54, 1.807) is 14.0 Å². The van der Waals surface area contributed by atoms with E-state index in [-0.39, 0.29) is 19.1 Å². The molecule has 110 valence electrons. The van der Waals surface area contributed by atoms with Crippen LogP contribution in [0.4, 0.5) is 0 Å². The molecule has 0 fully saturated rings. The Morgan fingerprint density at radius 3 is 2.55 bits per heavy atom. The second kappa shape index (κ2) is 7.53. The number of carbonyl (C=O) groups excluding carboxylic acids is 2. The van der Waals surface area contributed by atoms with Crippen LogP contribution in [-0.4, -0.2) is 43.6 Å². The first-order valence-electron chi connectivity index (χ1n) is 6.53. The highest BCUT2D eigenvalue weighted by Gasteiger charge is 2.14. The first-order valence-corrected chi connectivity index (χ1v) is 6.53. The molecule has 0 aliphatic rings. The first kappa shape index (κ1) is 16.0. The van der Waals surface area contributed by atoms with Crippen LogP contribution in [0.2, 0.25) is 0 Å². The number of rotatable bonds is 6. The van der Waals surface area contributed by atoms with E-state index in [4.69, 9.17) is 9.47 Å². The molecular weight excluding hydrogens is 258 g/mol.